The van der Waals surface area contributed by atoms with Crippen LogP contribution < -0.4 is 24.4 Å². The Bertz CT molecular complexity index is 1320. The van der Waals surface area contributed by atoms with Gasteiger partial charge in [-0.1, -0.05) is 6.07 Å². The zero-order valence-corrected chi connectivity index (χ0v) is 18.9. The monoisotopic (exact) mass is 528 g/mol. The van der Waals surface area contributed by atoms with Gasteiger partial charge in [0.1, 0.15) is 11.6 Å². The van der Waals surface area contributed by atoms with Crippen molar-refractivity contribution in [1.29, 1.82) is 0 Å². The maximum absolute atomic E-state index is 14.0. The number of hydrogen-bond donors (Lipinski definition) is 1. The van der Waals surface area contributed by atoms with Gasteiger partial charge in [-0.2, -0.15) is 18.3 Å². The van der Waals surface area contributed by atoms with Crippen LogP contribution in [0.1, 0.15) is 34.6 Å². The van der Waals surface area contributed by atoms with Gasteiger partial charge in [0.05, 0.1) is 6.04 Å². The molecule has 1 N–H and O–H groups in total. The summed E-state index contributed by atoms with van der Waals surface area (Å²) < 4.78 is 94.2. The first-order valence-electron chi connectivity index (χ1n) is 10.9. The summed E-state index contributed by atoms with van der Waals surface area (Å²) in [6.07, 6.45) is -9.92. The molecular formula is C23H18F6N4O4. The fourth-order valence-electron chi connectivity index (χ4n) is 4.19. The van der Waals surface area contributed by atoms with Crippen molar-refractivity contribution in [2.75, 3.05) is 24.1 Å². The molecule has 3 heterocycles. The quantitative estimate of drug-likeness (QED) is 0.454. The number of rotatable bonds is 4. The Hall–Kier alpha value is -4.10. The number of anilines is 2. The fraction of sp³-hybridized carbons (Fsp3) is 0.304. The Morgan fingerprint density at radius 2 is 1.76 bits per heavy atom. The molecule has 2 aliphatic heterocycles. The van der Waals surface area contributed by atoms with E-state index in [0.29, 0.717) is 17.1 Å². The largest absolute Gasteiger partial charge is 0.573 e. The number of hydrogen-bond acceptors (Lipinski definition) is 6. The van der Waals surface area contributed by atoms with Gasteiger partial charge < -0.3 is 24.4 Å². The molecule has 0 unspecified atom stereocenters. The van der Waals surface area contributed by atoms with Crippen molar-refractivity contribution in [3.05, 3.63) is 59.8 Å². The van der Waals surface area contributed by atoms with E-state index >= 15 is 0 Å². The van der Waals surface area contributed by atoms with E-state index < -0.39 is 36.3 Å². The molecule has 14 heteroatoms. The number of aromatic nitrogens is 2. The average Bonchev–Trinajstić information content (AvgIpc) is 3.47. The van der Waals surface area contributed by atoms with Crippen molar-refractivity contribution in [3.63, 3.8) is 0 Å². The molecule has 3 aromatic rings. The third-order valence-electron chi connectivity index (χ3n) is 5.97. The van der Waals surface area contributed by atoms with E-state index in [4.69, 9.17) is 9.47 Å². The van der Waals surface area contributed by atoms with Crippen LogP contribution >= 0.6 is 0 Å². The predicted octanol–water partition coefficient (Wildman–Crippen LogP) is 5.45. The van der Waals surface area contributed by atoms with E-state index in [0.717, 1.165) is 21.7 Å². The molecule has 1 aromatic heterocycles. The lowest BCUT2D eigenvalue weighted by Gasteiger charge is -2.33. The summed E-state index contributed by atoms with van der Waals surface area (Å²) in [4.78, 5) is 14.1. The normalized spacial score (nSPS) is 18.7. The van der Waals surface area contributed by atoms with Crippen molar-refractivity contribution in [2.24, 2.45) is 0 Å². The van der Waals surface area contributed by atoms with Crippen LogP contribution in [0.15, 0.2) is 48.5 Å². The maximum atomic E-state index is 14.0. The second kappa shape index (κ2) is 8.78. The summed E-state index contributed by atoms with van der Waals surface area (Å²) >= 11 is 0. The summed E-state index contributed by atoms with van der Waals surface area (Å²) in [6, 6.07) is 7.74. The predicted molar refractivity (Wildman–Crippen MR) is 117 cm³/mol. The lowest BCUT2D eigenvalue weighted by Crippen LogP contribution is -2.36. The van der Waals surface area contributed by atoms with Crippen LogP contribution in [0.5, 0.6) is 17.2 Å². The van der Waals surface area contributed by atoms with E-state index in [9.17, 15) is 31.1 Å². The number of carbonyl (C=O) groups excluding carboxylic acids is 1. The highest BCUT2D eigenvalue weighted by Gasteiger charge is 2.47. The van der Waals surface area contributed by atoms with Gasteiger partial charge in [0.25, 0.3) is 5.91 Å². The molecule has 37 heavy (non-hydrogen) atoms. The molecule has 0 saturated carbocycles. The molecule has 2 aliphatic rings. The summed E-state index contributed by atoms with van der Waals surface area (Å²) in [7, 11) is 1.32. The van der Waals surface area contributed by atoms with Gasteiger partial charge >= 0.3 is 12.5 Å². The zero-order chi connectivity index (χ0) is 26.5. The van der Waals surface area contributed by atoms with Gasteiger partial charge in [0.2, 0.25) is 6.79 Å². The van der Waals surface area contributed by atoms with Crippen LogP contribution in [0.3, 0.4) is 0 Å². The highest BCUT2D eigenvalue weighted by atomic mass is 19.4. The number of carbonyl (C=O) groups is 1. The molecule has 0 spiro atoms. The molecule has 0 fully saturated rings. The zero-order valence-electron chi connectivity index (χ0n) is 18.9. The number of amides is 1. The topological polar surface area (TPSA) is 77.9 Å². The van der Waals surface area contributed by atoms with Gasteiger partial charge in [-0.3, -0.25) is 4.79 Å². The minimum Gasteiger partial charge on any atom is -0.454 e. The summed E-state index contributed by atoms with van der Waals surface area (Å²) in [5.74, 6) is -0.339. The van der Waals surface area contributed by atoms with Crippen molar-refractivity contribution >= 4 is 17.4 Å². The Balaban J connectivity index is 1.40. The number of benzene rings is 2. The van der Waals surface area contributed by atoms with E-state index in [2.05, 4.69) is 15.2 Å². The fourth-order valence-corrected chi connectivity index (χ4v) is 4.19. The van der Waals surface area contributed by atoms with Gasteiger partial charge in [0.15, 0.2) is 23.2 Å². The van der Waals surface area contributed by atoms with Gasteiger partial charge in [0, 0.05) is 25.2 Å². The number of fused-ring (bicyclic) bond motifs is 2. The summed E-state index contributed by atoms with van der Waals surface area (Å²) in [6.45, 7) is 0.0197. The molecule has 0 radical (unpaired) electrons. The molecule has 2 aromatic carbocycles. The smallest absolute Gasteiger partial charge is 0.454 e. The number of alkyl halides is 6. The third-order valence-corrected chi connectivity index (χ3v) is 5.97. The molecule has 196 valence electrons. The van der Waals surface area contributed by atoms with Gasteiger partial charge in [-0.15, -0.1) is 13.2 Å². The van der Waals surface area contributed by atoms with Crippen molar-refractivity contribution in [2.45, 2.75) is 31.0 Å². The summed E-state index contributed by atoms with van der Waals surface area (Å²) in [5, 5.41) is 6.92. The van der Waals surface area contributed by atoms with Gasteiger partial charge in [-0.05, 0) is 42.0 Å². The first kappa shape index (κ1) is 24.6. The van der Waals surface area contributed by atoms with Crippen LogP contribution in [-0.4, -0.2) is 42.1 Å². The Labute approximate surface area is 205 Å². The molecule has 5 rings (SSSR count). The Morgan fingerprint density at radius 3 is 2.43 bits per heavy atom. The van der Waals surface area contributed by atoms with Crippen molar-refractivity contribution in [1.82, 2.24) is 9.78 Å². The van der Waals surface area contributed by atoms with Crippen LogP contribution in [-0.2, 0) is 0 Å². The van der Waals surface area contributed by atoms with Crippen LogP contribution in [0.25, 0.3) is 0 Å². The maximum Gasteiger partial charge on any atom is 0.573 e. The van der Waals surface area contributed by atoms with E-state index in [1.165, 1.54) is 25.2 Å². The minimum atomic E-state index is -4.88. The number of ether oxygens (including phenoxy) is 3. The lowest BCUT2D eigenvalue weighted by molar-refractivity contribution is -0.274. The SMILES string of the molecule is CN(C(=O)c1cc2n(n1)[C@H](C(F)(F)F)C[C@H](c1ccc3c(c1)OCO3)N2)c1ccc(OC(F)(F)F)cc1. The summed E-state index contributed by atoms with van der Waals surface area (Å²) in [5.41, 5.74) is 0.447. The van der Waals surface area contributed by atoms with Crippen molar-refractivity contribution in [3.8, 4) is 17.2 Å². The van der Waals surface area contributed by atoms with Crippen LogP contribution in [0, 0.1) is 0 Å². The molecular weight excluding hydrogens is 510 g/mol. The second-order valence-electron chi connectivity index (χ2n) is 8.37. The second-order valence-corrected chi connectivity index (χ2v) is 8.37. The third kappa shape index (κ3) is 4.95. The van der Waals surface area contributed by atoms with E-state index in [1.807, 2.05) is 0 Å². The van der Waals surface area contributed by atoms with Gasteiger partial charge in [-0.25, -0.2) is 4.68 Å². The molecule has 1 amide bonds. The first-order valence-corrected chi connectivity index (χ1v) is 10.9. The average molecular weight is 528 g/mol. The van der Waals surface area contributed by atoms with Crippen molar-refractivity contribution < 1.29 is 45.3 Å². The molecule has 0 saturated heterocycles. The highest BCUT2D eigenvalue weighted by molar-refractivity contribution is 6.04. The van der Waals surface area contributed by atoms with Crippen LogP contribution in [0.4, 0.5) is 37.8 Å². The van der Waals surface area contributed by atoms with E-state index in [-0.39, 0.29) is 30.4 Å². The molecule has 8 nitrogen and oxygen atoms in total. The first-order chi connectivity index (χ1) is 17.4. The number of nitrogens with one attached hydrogen (secondary N) is 1. The minimum absolute atomic E-state index is 0.0121. The highest BCUT2D eigenvalue weighted by Crippen LogP contribution is 2.45. The van der Waals surface area contributed by atoms with E-state index in [1.54, 1.807) is 18.2 Å². The Kier molecular flexibility index (Phi) is 5.83. The molecule has 0 bridgehead atoms. The molecule has 0 aliphatic carbocycles. The number of halogens is 6. The standard InChI is InChI=1S/C23H18F6N4O4/c1-32(13-3-5-14(6-4-13)37-23(27,28)29)21(34)16-10-20-30-15(9-19(22(24,25)26)33(20)31-16)12-2-7-17-18(8-12)36-11-35-17/h2-8,10,15,19,30H,9,11H2,1H3/t15-,19+/m1/s1. The molecule has 2 atom stereocenters. The van der Waals surface area contributed by atoms with Crippen LogP contribution in [0.2, 0.25) is 0 Å². The number of nitrogens with zero attached hydrogens (tertiary/aromatic N) is 3. The Morgan fingerprint density at radius 1 is 1.05 bits per heavy atom. The lowest BCUT2D eigenvalue weighted by atomic mass is 9.96.